The predicted molar refractivity (Wildman–Crippen MR) is 72.4 cm³/mol. The highest BCUT2D eigenvalue weighted by Gasteiger charge is 2.22. The summed E-state index contributed by atoms with van der Waals surface area (Å²) in [7, 11) is 2.17. The normalized spacial score (nSPS) is 17.6. The second kappa shape index (κ2) is 5.50. The van der Waals surface area contributed by atoms with E-state index in [9.17, 15) is 0 Å². The summed E-state index contributed by atoms with van der Waals surface area (Å²) >= 11 is 0. The van der Waals surface area contributed by atoms with Crippen molar-refractivity contribution in [3.05, 3.63) is 24.0 Å². The Bertz CT molecular complexity index is 343. The summed E-state index contributed by atoms with van der Waals surface area (Å²) in [6.45, 7) is 5.25. The van der Waals surface area contributed by atoms with Gasteiger partial charge in [0.1, 0.15) is 0 Å². The maximum atomic E-state index is 4.55. The third kappa shape index (κ3) is 2.78. The van der Waals surface area contributed by atoms with Gasteiger partial charge in [-0.25, -0.2) is 0 Å². The van der Waals surface area contributed by atoms with Crippen LogP contribution in [0.1, 0.15) is 44.8 Å². The van der Waals surface area contributed by atoms with E-state index in [1.54, 1.807) is 0 Å². The fourth-order valence-corrected chi connectivity index (χ4v) is 2.26. The third-order valence-electron chi connectivity index (χ3n) is 3.75. The molecule has 0 bridgehead atoms. The van der Waals surface area contributed by atoms with Crippen molar-refractivity contribution in [3.63, 3.8) is 0 Å². The highest BCUT2D eigenvalue weighted by atomic mass is 15.1. The number of nitrogens with zero attached hydrogens (tertiary/aromatic N) is 2. The predicted octanol–water partition coefficient (Wildman–Crippen LogP) is 2.74. The van der Waals surface area contributed by atoms with Gasteiger partial charge in [-0.3, -0.25) is 4.98 Å². The van der Waals surface area contributed by atoms with Gasteiger partial charge in [0.25, 0.3) is 0 Å². The molecule has 3 heteroatoms. The molecule has 0 radical (unpaired) electrons. The summed E-state index contributed by atoms with van der Waals surface area (Å²) in [4.78, 5) is 6.91. The molecule has 17 heavy (non-hydrogen) atoms. The molecule has 1 aromatic rings. The summed E-state index contributed by atoms with van der Waals surface area (Å²) < 4.78 is 0. The number of hydrogen-bond donors (Lipinski definition) is 1. The molecule has 1 aromatic heterocycles. The van der Waals surface area contributed by atoms with Gasteiger partial charge in [-0.15, -0.1) is 0 Å². The monoisotopic (exact) mass is 233 g/mol. The van der Waals surface area contributed by atoms with Crippen molar-refractivity contribution in [3.8, 4) is 0 Å². The second-order valence-corrected chi connectivity index (χ2v) is 4.92. The van der Waals surface area contributed by atoms with E-state index in [0.29, 0.717) is 6.04 Å². The molecule has 0 aliphatic heterocycles. The Hall–Kier alpha value is -1.09. The van der Waals surface area contributed by atoms with Gasteiger partial charge in [0.05, 0.1) is 17.6 Å². The van der Waals surface area contributed by atoms with Gasteiger partial charge in [-0.1, -0.05) is 6.92 Å². The zero-order valence-corrected chi connectivity index (χ0v) is 11.1. The van der Waals surface area contributed by atoms with Gasteiger partial charge in [0.15, 0.2) is 0 Å². The van der Waals surface area contributed by atoms with E-state index >= 15 is 0 Å². The number of aromatic nitrogens is 1. The zero-order valence-electron chi connectivity index (χ0n) is 11.1. The summed E-state index contributed by atoms with van der Waals surface area (Å²) in [5.74, 6) is 0. The molecule has 1 fully saturated rings. The standard InChI is InChI=1S/C14H23N3/c1-4-15-11(2)14-9-8-13(10-16-14)17(3)12-6-5-7-12/h8-12,15H,4-7H2,1-3H3. The first-order valence-corrected chi connectivity index (χ1v) is 6.64. The largest absolute Gasteiger partial charge is 0.370 e. The summed E-state index contributed by atoms with van der Waals surface area (Å²) in [5, 5.41) is 3.38. The molecule has 0 saturated heterocycles. The van der Waals surface area contributed by atoms with Gasteiger partial charge in [0.2, 0.25) is 0 Å². The highest BCUT2D eigenvalue weighted by molar-refractivity contribution is 5.45. The molecule has 0 amide bonds. The molecule has 1 N–H and O–H groups in total. The first-order valence-electron chi connectivity index (χ1n) is 6.64. The molecule has 0 spiro atoms. The van der Waals surface area contributed by atoms with Crippen LogP contribution in [-0.2, 0) is 0 Å². The average molecular weight is 233 g/mol. The van der Waals surface area contributed by atoms with Gasteiger partial charge < -0.3 is 10.2 Å². The van der Waals surface area contributed by atoms with Crippen molar-refractivity contribution in [2.24, 2.45) is 0 Å². The van der Waals surface area contributed by atoms with Crippen molar-refractivity contribution < 1.29 is 0 Å². The maximum absolute atomic E-state index is 4.55. The van der Waals surface area contributed by atoms with E-state index < -0.39 is 0 Å². The van der Waals surface area contributed by atoms with E-state index in [-0.39, 0.29) is 0 Å². The Morgan fingerprint density at radius 3 is 2.71 bits per heavy atom. The van der Waals surface area contributed by atoms with Gasteiger partial charge in [-0.2, -0.15) is 0 Å². The van der Waals surface area contributed by atoms with Gasteiger partial charge >= 0.3 is 0 Å². The van der Waals surface area contributed by atoms with Crippen LogP contribution in [0.3, 0.4) is 0 Å². The Balaban J connectivity index is 2.01. The topological polar surface area (TPSA) is 28.2 Å². The first kappa shape index (κ1) is 12.4. The van der Waals surface area contributed by atoms with Crippen molar-refractivity contribution in [2.75, 3.05) is 18.5 Å². The minimum Gasteiger partial charge on any atom is -0.370 e. The molecular formula is C14H23N3. The van der Waals surface area contributed by atoms with Gasteiger partial charge in [0, 0.05) is 19.1 Å². The minimum atomic E-state index is 0.336. The Morgan fingerprint density at radius 2 is 2.24 bits per heavy atom. The van der Waals surface area contributed by atoms with Crippen molar-refractivity contribution >= 4 is 5.69 Å². The number of hydrogen-bond acceptors (Lipinski definition) is 3. The summed E-state index contributed by atoms with van der Waals surface area (Å²) in [6.07, 6.45) is 6.03. The average Bonchev–Trinajstić information content (AvgIpc) is 2.27. The molecule has 1 aliphatic rings. The molecule has 1 atom stereocenters. The van der Waals surface area contributed by atoms with Crippen molar-refractivity contribution in [1.82, 2.24) is 10.3 Å². The van der Waals surface area contributed by atoms with E-state index in [1.165, 1.54) is 24.9 Å². The van der Waals surface area contributed by atoms with Gasteiger partial charge in [-0.05, 0) is 44.9 Å². The summed E-state index contributed by atoms with van der Waals surface area (Å²) in [5.41, 5.74) is 2.36. The Kier molecular flexibility index (Phi) is 4.00. The zero-order chi connectivity index (χ0) is 12.3. The number of pyridine rings is 1. The SMILES string of the molecule is CCNC(C)c1ccc(N(C)C2CCC2)cn1. The lowest BCUT2D eigenvalue weighted by atomic mass is 9.91. The highest BCUT2D eigenvalue weighted by Crippen LogP contribution is 2.28. The summed E-state index contributed by atoms with van der Waals surface area (Å²) in [6, 6.07) is 5.39. The molecule has 0 aromatic carbocycles. The minimum absolute atomic E-state index is 0.336. The van der Waals surface area contributed by atoms with Crippen LogP contribution in [0.5, 0.6) is 0 Å². The van der Waals surface area contributed by atoms with Crippen LogP contribution >= 0.6 is 0 Å². The van der Waals surface area contributed by atoms with Crippen LogP contribution in [0.15, 0.2) is 18.3 Å². The Morgan fingerprint density at radius 1 is 1.47 bits per heavy atom. The molecule has 1 unspecified atom stereocenters. The smallest absolute Gasteiger partial charge is 0.0572 e. The van der Waals surface area contributed by atoms with E-state index in [4.69, 9.17) is 0 Å². The Labute approximate surface area is 104 Å². The second-order valence-electron chi connectivity index (χ2n) is 4.92. The van der Waals surface area contributed by atoms with Crippen LogP contribution in [-0.4, -0.2) is 24.6 Å². The molecule has 1 saturated carbocycles. The van der Waals surface area contributed by atoms with Crippen LogP contribution in [0.2, 0.25) is 0 Å². The number of rotatable bonds is 5. The van der Waals surface area contributed by atoms with Crippen LogP contribution in [0.4, 0.5) is 5.69 Å². The lowest BCUT2D eigenvalue weighted by Crippen LogP contribution is -2.37. The van der Waals surface area contributed by atoms with E-state index in [1.807, 2.05) is 6.20 Å². The fourth-order valence-electron chi connectivity index (χ4n) is 2.26. The number of nitrogens with one attached hydrogen (secondary N) is 1. The molecule has 3 nitrogen and oxygen atoms in total. The molecule has 2 rings (SSSR count). The van der Waals surface area contributed by atoms with Crippen LogP contribution < -0.4 is 10.2 Å². The molecular weight excluding hydrogens is 210 g/mol. The van der Waals surface area contributed by atoms with Crippen molar-refractivity contribution in [2.45, 2.75) is 45.2 Å². The lowest BCUT2D eigenvalue weighted by molar-refractivity contribution is 0.401. The van der Waals surface area contributed by atoms with Crippen molar-refractivity contribution in [1.29, 1.82) is 0 Å². The third-order valence-corrected chi connectivity index (χ3v) is 3.75. The molecule has 1 heterocycles. The van der Waals surface area contributed by atoms with E-state index in [2.05, 4.69) is 48.2 Å². The van der Waals surface area contributed by atoms with Crippen LogP contribution in [0.25, 0.3) is 0 Å². The van der Waals surface area contributed by atoms with Crippen LogP contribution in [0, 0.1) is 0 Å². The molecule has 1 aliphatic carbocycles. The lowest BCUT2D eigenvalue weighted by Gasteiger charge is -2.36. The number of anilines is 1. The molecule has 94 valence electrons. The fraction of sp³-hybridized carbons (Fsp3) is 0.643. The maximum Gasteiger partial charge on any atom is 0.0572 e. The van der Waals surface area contributed by atoms with E-state index in [0.717, 1.165) is 18.3 Å². The quantitative estimate of drug-likeness (QED) is 0.847. The first-order chi connectivity index (χ1) is 8.22.